The zero-order valence-electron chi connectivity index (χ0n) is 11.6. The van der Waals surface area contributed by atoms with Crippen LogP contribution in [0.2, 0.25) is 0 Å². The third kappa shape index (κ3) is 4.91. The lowest BCUT2D eigenvalue weighted by atomic mass is 10.1. The molecule has 0 amide bonds. The zero-order valence-corrected chi connectivity index (χ0v) is 12.5. The highest BCUT2D eigenvalue weighted by Crippen LogP contribution is 2.12. The summed E-state index contributed by atoms with van der Waals surface area (Å²) < 4.78 is 31.9. The van der Waals surface area contributed by atoms with Gasteiger partial charge in [0.05, 0.1) is 10.5 Å². The number of hydrogen-bond donors (Lipinski definition) is 2. The third-order valence-corrected chi connectivity index (χ3v) is 4.32. The van der Waals surface area contributed by atoms with E-state index >= 15 is 0 Å². The average molecular weight is 286 g/mol. The van der Waals surface area contributed by atoms with Gasteiger partial charge < -0.3 is 10.5 Å². The van der Waals surface area contributed by atoms with Crippen molar-refractivity contribution in [2.45, 2.75) is 30.8 Å². The van der Waals surface area contributed by atoms with E-state index in [4.69, 9.17) is 10.5 Å². The molecule has 0 bridgehead atoms. The molecule has 1 aromatic rings. The first-order chi connectivity index (χ1) is 8.80. The van der Waals surface area contributed by atoms with Crippen LogP contribution in [0, 0.1) is 0 Å². The first kappa shape index (κ1) is 16.1. The summed E-state index contributed by atoms with van der Waals surface area (Å²) in [4.78, 5) is 0.250. The van der Waals surface area contributed by atoms with Crippen LogP contribution >= 0.6 is 0 Å². The third-order valence-electron chi connectivity index (χ3n) is 2.91. The summed E-state index contributed by atoms with van der Waals surface area (Å²) in [6.07, 6.45) is 0.741. The molecule has 0 saturated carbocycles. The number of nitrogens with one attached hydrogen (secondary N) is 1. The molecule has 3 N–H and O–H groups in total. The number of hydrogen-bond acceptors (Lipinski definition) is 4. The van der Waals surface area contributed by atoms with E-state index in [-0.39, 0.29) is 11.4 Å². The topological polar surface area (TPSA) is 81.4 Å². The Balaban J connectivity index is 2.77. The molecule has 19 heavy (non-hydrogen) atoms. The molecule has 108 valence electrons. The Labute approximate surface area is 115 Å². The van der Waals surface area contributed by atoms with Crippen LogP contribution in [0.4, 0.5) is 0 Å². The minimum atomic E-state index is -3.50. The molecule has 0 saturated heterocycles. The maximum Gasteiger partial charge on any atom is 0.240 e. The van der Waals surface area contributed by atoms with Crippen LogP contribution in [-0.2, 0) is 21.2 Å². The van der Waals surface area contributed by atoms with E-state index < -0.39 is 15.6 Å². The highest BCUT2D eigenvalue weighted by molar-refractivity contribution is 7.89. The Bertz CT molecular complexity index is 495. The Hall–Kier alpha value is -0.950. The zero-order chi connectivity index (χ0) is 14.5. The molecule has 1 rings (SSSR count). The Morgan fingerprint density at radius 3 is 2.32 bits per heavy atom. The largest absolute Gasteiger partial charge is 0.377 e. The average Bonchev–Trinajstić information content (AvgIpc) is 2.38. The fourth-order valence-corrected chi connectivity index (χ4v) is 2.62. The van der Waals surface area contributed by atoms with Crippen LogP contribution in [0.3, 0.4) is 0 Å². The molecule has 0 fully saturated rings. The summed E-state index contributed by atoms with van der Waals surface area (Å²) in [6.45, 7) is 4.41. The summed E-state index contributed by atoms with van der Waals surface area (Å²) >= 11 is 0. The number of sulfonamides is 1. The summed E-state index contributed by atoms with van der Waals surface area (Å²) in [6, 6.07) is 6.74. The molecule has 0 radical (unpaired) electrons. The molecule has 5 nitrogen and oxygen atoms in total. The highest BCUT2D eigenvalue weighted by atomic mass is 32.2. The van der Waals surface area contributed by atoms with Crippen molar-refractivity contribution in [2.75, 3.05) is 20.2 Å². The molecule has 0 atom stereocenters. The van der Waals surface area contributed by atoms with Crippen LogP contribution in [0.15, 0.2) is 29.2 Å². The molecule has 0 aliphatic rings. The van der Waals surface area contributed by atoms with Gasteiger partial charge in [-0.1, -0.05) is 12.1 Å². The van der Waals surface area contributed by atoms with Gasteiger partial charge in [0.2, 0.25) is 10.0 Å². The molecule has 0 aromatic heterocycles. The first-order valence-electron chi connectivity index (χ1n) is 6.14. The van der Waals surface area contributed by atoms with Gasteiger partial charge >= 0.3 is 0 Å². The van der Waals surface area contributed by atoms with Gasteiger partial charge in [-0.25, -0.2) is 13.1 Å². The van der Waals surface area contributed by atoms with Crippen molar-refractivity contribution in [3.05, 3.63) is 29.8 Å². The predicted octanol–water partition coefficient (Wildman–Crippen LogP) is 0.891. The molecule has 0 heterocycles. The number of benzene rings is 1. The van der Waals surface area contributed by atoms with Gasteiger partial charge in [-0.05, 0) is 44.5 Å². The molecule has 0 spiro atoms. The van der Waals surface area contributed by atoms with E-state index in [0.29, 0.717) is 6.54 Å². The monoisotopic (exact) mass is 286 g/mol. The van der Waals surface area contributed by atoms with Crippen molar-refractivity contribution in [3.8, 4) is 0 Å². The van der Waals surface area contributed by atoms with Crippen LogP contribution in [-0.4, -0.2) is 34.2 Å². The lowest BCUT2D eigenvalue weighted by Crippen LogP contribution is -2.39. The second-order valence-electron chi connectivity index (χ2n) is 4.97. The summed E-state index contributed by atoms with van der Waals surface area (Å²) in [7, 11) is -1.95. The smallest absolute Gasteiger partial charge is 0.240 e. The minimum Gasteiger partial charge on any atom is -0.377 e. The van der Waals surface area contributed by atoms with E-state index in [1.807, 2.05) is 13.8 Å². The van der Waals surface area contributed by atoms with Gasteiger partial charge in [0.25, 0.3) is 0 Å². The lowest BCUT2D eigenvalue weighted by molar-refractivity contribution is 0.0276. The van der Waals surface area contributed by atoms with Crippen molar-refractivity contribution < 1.29 is 13.2 Å². The summed E-state index contributed by atoms with van der Waals surface area (Å²) in [5, 5.41) is 0. The van der Waals surface area contributed by atoms with Gasteiger partial charge in [0.1, 0.15) is 0 Å². The van der Waals surface area contributed by atoms with Gasteiger partial charge in [-0.2, -0.15) is 0 Å². The molecule has 0 unspecified atom stereocenters. The quantitative estimate of drug-likeness (QED) is 0.780. The van der Waals surface area contributed by atoms with E-state index in [0.717, 1.165) is 12.0 Å². The standard InChI is InChI=1S/C13H22N2O3S/c1-13(2,18-3)10-15-19(16,17)12-6-4-11(5-7-12)8-9-14/h4-7,15H,8-10,14H2,1-3H3. The SMILES string of the molecule is COC(C)(C)CNS(=O)(=O)c1ccc(CCN)cc1. The van der Waals surface area contributed by atoms with Crippen molar-refractivity contribution in [1.29, 1.82) is 0 Å². The number of ether oxygens (including phenoxy) is 1. The first-order valence-corrected chi connectivity index (χ1v) is 7.63. The maximum atomic E-state index is 12.1. The molecular weight excluding hydrogens is 264 g/mol. The molecule has 1 aromatic carbocycles. The van der Waals surface area contributed by atoms with Crippen molar-refractivity contribution in [2.24, 2.45) is 5.73 Å². The minimum absolute atomic E-state index is 0.219. The van der Waals surface area contributed by atoms with E-state index in [9.17, 15) is 8.42 Å². The Morgan fingerprint density at radius 2 is 1.84 bits per heavy atom. The van der Waals surface area contributed by atoms with Gasteiger partial charge in [-0.3, -0.25) is 0 Å². The molecule has 0 aliphatic carbocycles. The fraction of sp³-hybridized carbons (Fsp3) is 0.538. The van der Waals surface area contributed by atoms with Crippen LogP contribution in [0.5, 0.6) is 0 Å². The van der Waals surface area contributed by atoms with Gasteiger partial charge in [0, 0.05) is 13.7 Å². The normalized spacial score (nSPS) is 12.6. The van der Waals surface area contributed by atoms with Crippen molar-refractivity contribution >= 4 is 10.0 Å². The van der Waals surface area contributed by atoms with Crippen molar-refractivity contribution in [3.63, 3.8) is 0 Å². The fourth-order valence-electron chi connectivity index (χ4n) is 1.43. The number of rotatable bonds is 7. The van der Waals surface area contributed by atoms with Crippen LogP contribution in [0.25, 0.3) is 0 Å². The van der Waals surface area contributed by atoms with Gasteiger partial charge in [0.15, 0.2) is 0 Å². The predicted molar refractivity (Wildman–Crippen MR) is 75.5 cm³/mol. The van der Waals surface area contributed by atoms with Crippen LogP contribution in [0.1, 0.15) is 19.4 Å². The second kappa shape index (κ2) is 6.47. The van der Waals surface area contributed by atoms with Gasteiger partial charge in [-0.15, -0.1) is 0 Å². The number of nitrogens with two attached hydrogens (primary N) is 1. The highest BCUT2D eigenvalue weighted by Gasteiger charge is 2.21. The van der Waals surface area contributed by atoms with Crippen LogP contribution < -0.4 is 10.5 Å². The van der Waals surface area contributed by atoms with Crippen molar-refractivity contribution in [1.82, 2.24) is 4.72 Å². The Kier molecular flexibility index (Phi) is 5.49. The van der Waals surface area contributed by atoms with E-state index in [1.165, 1.54) is 0 Å². The maximum absolute atomic E-state index is 12.1. The summed E-state index contributed by atoms with van der Waals surface area (Å²) in [5.41, 5.74) is 5.94. The number of methoxy groups -OCH3 is 1. The van der Waals surface area contributed by atoms with E-state index in [2.05, 4.69) is 4.72 Å². The molecule has 0 aliphatic heterocycles. The molecular formula is C13H22N2O3S. The lowest BCUT2D eigenvalue weighted by Gasteiger charge is -2.23. The second-order valence-corrected chi connectivity index (χ2v) is 6.74. The van der Waals surface area contributed by atoms with E-state index in [1.54, 1.807) is 31.4 Å². The summed E-state index contributed by atoms with van der Waals surface area (Å²) in [5.74, 6) is 0. The Morgan fingerprint density at radius 1 is 1.26 bits per heavy atom. The molecule has 6 heteroatoms.